The number of aliphatic hydroxyl groups excluding tert-OH is 2. The number of aliphatic hydroxyl groups is 2. The lowest BCUT2D eigenvalue weighted by Gasteiger charge is -2.36. The van der Waals surface area contributed by atoms with Crippen molar-refractivity contribution >= 4 is 33.3 Å². The number of aromatic nitrogens is 1. The number of carbonyl (C=O) groups is 2. The van der Waals surface area contributed by atoms with Crippen molar-refractivity contribution in [1.29, 1.82) is 0 Å². The molecule has 4 N–H and O–H groups in total. The van der Waals surface area contributed by atoms with Crippen molar-refractivity contribution in [2.24, 2.45) is 23.0 Å². The van der Waals surface area contributed by atoms with Crippen molar-refractivity contribution in [3.8, 4) is 0 Å². The lowest BCUT2D eigenvalue weighted by atomic mass is 9.71. The molecule has 0 spiro atoms. The summed E-state index contributed by atoms with van der Waals surface area (Å²) in [5, 5.41) is 23.1. The molecule has 1 aromatic carbocycles. The van der Waals surface area contributed by atoms with E-state index in [9.17, 15) is 19.8 Å². The van der Waals surface area contributed by atoms with Crippen LogP contribution in [-0.4, -0.2) is 50.9 Å². The molecular formula is C30H44N2O6S. The summed E-state index contributed by atoms with van der Waals surface area (Å²) in [5.41, 5.74) is 5.85. The van der Waals surface area contributed by atoms with Crippen LogP contribution in [0.5, 0.6) is 0 Å². The standard InChI is InChI=1S/C30H44N2O6S/c1-6-8-19-27(35)17(2)9-7-12-30(5)24(38-30)14-21(37-26(34)15-23(33)29(3,4)28(19)36)18-10-11-22-20(13-18)32-25(16-31)39-22/h10-11,13,17,19,21,23-24,27,33,35H,6-9,12,14-16,31H2,1-5H3. The normalized spacial score (nSPS) is 34.5. The largest absolute Gasteiger partial charge is 0.457 e. The summed E-state index contributed by atoms with van der Waals surface area (Å²) in [6.45, 7) is 9.72. The molecule has 7 unspecified atom stereocenters. The van der Waals surface area contributed by atoms with Crippen molar-refractivity contribution in [3.63, 3.8) is 0 Å². The number of fused-ring (bicyclic) bond motifs is 2. The van der Waals surface area contributed by atoms with Crippen LogP contribution in [0.1, 0.15) is 96.2 Å². The first-order valence-corrected chi connectivity index (χ1v) is 15.1. The van der Waals surface area contributed by atoms with E-state index in [1.54, 1.807) is 25.2 Å². The highest BCUT2D eigenvalue weighted by Gasteiger charge is 2.53. The minimum Gasteiger partial charge on any atom is -0.457 e. The molecule has 0 bridgehead atoms. The first kappa shape index (κ1) is 30.1. The van der Waals surface area contributed by atoms with Gasteiger partial charge in [-0.15, -0.1) is 11.3 Å². The summed E-state index contributed by atoms with van der Waals surface area (Å²) in [7, 11) is 0. The molecule has 2 aromatic rings. The van der Waals surface area contributed by atoms with Gasteiger partial charge < -0.3 is 25.4 Å². The van der Waals surface area contributed by atoms with Gasteiger partial charge in [0.15, 0.2) is 0 Å². The van der Waals surface area contributed by atoms with Gasteiger partial charge in [0.05, 0.1) is 46.0 Å². The molecule has 216 valence electrons. The highest BCUT2D eigenvalue weighted by atomic mass is 32.1. The number of Topliss-reactive ketones (excluding diaryl/α,β-unsaturated/α-hetero) is 1. The maximum absolute atomic E-state index is 13.7. The van der Waals surface area contributed by atoms with E-state index in [-0.39, 0.29) is 29.8 Å². The molecule has 8 nitrogen and oxygen atoms in total. The number of ether oxygens (including phenoxy) is 2. The molecule has 1 aromatic heterocycles. The highest BCUT2D eigenvalue weighted by Crippen LogP contribution is 2.47. The highest BCUT2D eigenvalue weighted by molar-refractivity contribution is 7.18. The zero-order chi connectivity index (χ0) is 28.5. The van der Waals surface area contributed by atoms with Gasteiger partial charge in [-0.2, -0.15) is 0 Å². The second-order valence-corrected chi connectivity index (χ2v) is 13.3. The molecule has 2 aliphatic rings. The number of epoxide rings is 1. The SMILES string of the molecule is CCCC1C(=O)C(C)(C)C(O)CC(=O)OC(c2ccc3sc(CN)nc3c2)CC2OC2(C)CCCC(C)C1O. The van der Waals surface area contributed by atoms with Crippen molar-refractivity contribution in [2.75, 3.05) is 0 Å². The topological polar surface area (TPSA) is 135 Å². The van der Waals surface area contributed by atoms with Gasteiger partial charge in [-0.1, -0.05) is 46.6 Å². The number of nitrogens with two attached hydrogens (primary N) is 1. The Hall–Kier alpha value is -1.91. The van der Waals surface area contributed by atoms with Crippen LogP contribution in [0, 0.1) is 17.3 Å². The summed E-state index contributed by atoms with van der Waals surface area (Å²) in [4.78, 5) is 31.4. The minimum atomic E-state index is -1.25. The molecule has 9 heteroatoms. The maximum atomic E-state index is 13.7. The van der Waals surface area contributed by atoms with Gasteiger partial charge in [0.1, 0.15) is 16.9 Å². The number of ketones is 1. The smallest absolute Gasteiger partial charge is 0.309 e. The van der Waals surface area contributed by atoms with Gasteiger partial charge in [0.2, 0.25) is 0 Å². The fourth-order valence-electron chi connectivity index (χ4n) is 5.91. The molecule has 2 saturated heterocycles. The van der Waals surface area contributed by atoms with Crippen molar-refractivity contribution in [3.05, 3.63) is 28.8 Å². The van der Waals surface area contributed by atoms with Crippen molar-refractivity contribution in [2.45, 2.75) is 116 Å². The van der Waals surface area contributed by atoms with Gasteiger partial charge in [0.25, 0.3) is 0 Å². The summed E-state index contributed by atoms with van der Waals surface area (Å²) < 4.78 is 13.1. The molecule has 0 radical (unpaired) electrons. The Morgan fingerprint density at radius 3 is 2.64 bits per heavy atom. The summed E-state index contributed by atoms with van der Waals surface area (Å²) in [6, 6.07) is 5.85. The van der Waals surface area contributed by atoms with Gasteiger partial charge in [-0.25, -0.2) is 4.98 Å². The van der Waals surface area contributed by atoms with Crippen LogP contribution in [0.4, 0.5) is 0 Å². The predicted octanol–water partition coefficient (Wildman–Crippen LogP) is 4.83. The Bertz CT molecular complexity index is 1180. The molecular weight excluding hydrogens is 516 g/mol. The number of thiazole rings is 1. The quantitative estimate of drug-likeness (QED) is 0.357. The van der Waals surface area contributed by atoms with Crippen LogP contribution in [0.2, 0.25) is 0 Å². The minimum absolute atomic E-state index is 0.0758. The third-order valence-corrected chi connectivity index (χ3v) is 9.89. The van der Waals surface area contributed by atoms with Crippen LogP contribution < -0.4 is 5.73 Å². The number of benzene rings is 1. The van der Waals surface area contributed by atoms with E-state index in [4.69, 9.17) is 15.2 Å². The monoisotopic (exact) mass is 560 g/mol. The second kappa shape index (κ2) is 11.9. The van der Waals surface area contributed by atoms with E-state index in [1.807, 2.05) is 32.0 Å². The van der Waals surface area contributed by atoms with E-state index < -0.39 is 35.6 Å². The van der Waals surface area contributed by atoms with Crippen LogP contribution in [0.3, 0.4) is 0 Å². The molecule has 39 heavy (non-hydrogen) atoms. The number of nitrogens with zero attached hydrogens (tertiary/aromatic N) is 1. The molecule has 7 atom stereocenters. The predicted molar refractivity (Wildman–Crippen MR) is 151 cm³/mol. The fraction of sp³-hybridized carbons (Fsp3) is 0.700. The first-order valence-electron chi connectivity index (χ1n) is 14.3. The Morgan fingerprint density at radius 2 is 1.95 bits per heavy atom. The van der Waals surface area contributed by atoms with Gasteiger partial charge >= 0.3 is 5.97 Å². The fourth-order valence-corrected chi connectivity index (χ4v) is 6.73. The molecule has 0 aliphatic carbocycles. The molecule has 2 aliphatic heterocycles. The Kier molecular flexibility index (Phi) is 9.18. The number of rotatable bonds is 4. The molecule has 2 fully saturated rings. The number of carbonyl (C=O) groups excluding carboxylic acids is 2. The van der Waals surface area contributed by atoms with Crippen molar-refractivity contribution in [1.82, 2.24) is 4.98 Å². The lowest BCUT2D eigenvalue weighted by molar-refractivity contribution is -0.156. The molecule has 0 amide bonds. The van der Waals surface area contributed by atoms with Crippen LogP contribution >= 0.6 is 11.3 Å². The summed E-state index contributed by atoms with van der Waals surface area (Å²) in [5.74, 6) is -1.47. The number of esters is 1. The van der Waals surface area contributed by atoms with Gasteiger partial charge in [-0.3, -0.25) is 9.59 Å². The maximum Gasteiger partial charge on any atom is 0.309 e. The van der Waals surface area contributed by atoms with Gasteiger partial charge in [0, 0.05) is 18.9 Å². The average molecular weight is 561 g/mol. The second-order valence-electron chi connectivity index (χ2n) is 12.2. The van der Waals surface area contributed by atoms with E-state index >= 15 is 0 Å². The zero-order valence-electron chi connectivity index (χ0n) is 23.8. The Labute approximate surface area is 235 Å². The summed E-state index contributed by atoms with van der Waals surface area (Å²) >= 11 is 1.54. The zero-order valence-corrected chi connectivity index (χ0v) is 24.6. The van der Waals surface area contributed by atoms with Gasteiger partial charge in [-0.05, 0) is 49.8 Å². The van der Waals surface area contributed by atoms with Crippen molar-refractivity contribution < 1.29 is 29.3 Å². The molecule has 0 saturated carbocycles. The van der Waals surface area contributed by atoms with E-state index in [1.165, 1.54) is 0 Å². The average Bonchev–Trinajstić information content (AvgIpc) is 3.33. The molecule has 4 rings (SSSR count). The van der Waals surface area contributed by atoms with E-state index in [2.05, 4.69) is 11.9 Å². The number of hydrogen-bond acceptors (Lipinski definition) is 9. The first-order chi connectivity index (χ1) is 18.4. The molecule has 3 heterocycles. The van der Waals surface area contributed by atoms with Crippen LogP contribution in [0.15, 0.2) is 18.2 Å². The van der Waals surface area contributed by atoms with Crippen LogP contribution in [0.25, 0.3) is 10.2 Å². The number of hydrogen-bond donors (Lipinski definition) is 3. The van der Waals surface area contributed by atoms with E-state index in [0.29, 0.717) is 19.4 Å². The summed E-state index contributed by atoms with van der Waals surface area (Å²) in [6.07, 6.45) is 1.15. The Balaban J connectivity index is 1.63. The third kappa shape index (κ3) is 6.54. The lowest BCUT2D eigenvalue weighted by Crippen LogP contribution is -2.46. The van der Waals surface area contributed by atoms with Crippen LogP contribution in [-0.2, 0) is 25.6 Å². The third-order valence-electron chi connectivity index (χ3n) is 8.83. The number of cyclic esters (lactones) is 1. The van der Waals surface area contributed by atoms with E-state index in [0.717, 1.165) is 46.5 Å². The Morgan fingerprint density at radius 1 is 1.21 bits per heavy atom.